The summed E-state index contributed by atoms with van der Waals surface area (Å²) in [6.07, 6.45) is -4.40. The van der Waals surface area contributed by atoms with E-state index in [1.54, 1.807) is 12.1 Å². The summed E-state index contributed by atoms with van der Waals surface area (Å²) in [7, 11) is 0. The molecule has 0 aliphatic carbocycles. The van der Waals surface area contributed by atoms with Gasteiger partial charge in [-0.3, -0.25) is 4.79 Å². The lowest BCUT2D eigenvalue weighted by Crippen LogP contribution is -2.12. The lowest BCUT2D eigenvalue weighted by Gasteiger charge is -2.09. The van der Waals surface area contributed by atoms with Crippen LogP contribution in [0.5, 0.6) is 0 Å². The molecule has 110 valence electrons. The molecule has 2 N–H and O–H groups in total. The third kappa shape index (κ3) is 3.82. The second-order valence-corrected chi connectivity index (χ2v) is 4.38. The number of benzene rings is 2. The smallest absolute Gasteiger partial charge is 0.392 e. The number of nitrogens with one attached hydrogen (secondary N) is 1. The minimum Gasteiger partial charge on any atom is -0.392 e. The largest absolute Gasteiger partial charge is 0.416 e. The highest BCUT2D eigenvalue weighted by Gasteiger charge is 2.29. The number of hydrogen-bond donors (Lipinski definition) is 2. The van der Waals surface area contributed by atoms with Gasteiger partial charge in [0.15, 0.2) is 0 Å². The molecule has 0 aliphatic rings. The summed E-state index contributed by atoms with van der Waals surface area (Å²) < 4.78 is 37.2. The zero-order valence-electron chi connectivity index (χ0n) is 10.8. The minimum absolute atomic E-state index is 0.124. The van der Waals surface area contributed by atoms with Crippen molar-refractivity contribution in [3.05, 3.63) is 65.2 Å². The van der Waals surface area contributed by atoms with Gasteiger partial charge in [0.2, 0.25) is 0 Å². The van der Waals surface area contributed by atoms with Crippen LogP contribution in [-0.4, -0.2) is 11.0 Å². The van der Waals surface area contributed by atoms with E-state index in [9.17, 15) is 18.0 Å². The Labute approximate surface area is 119 Å². The Bertz CT molecular complexity index is 619. The summed E-state index contributed by atoms with van der Waals surface area (Å²) in [6.45, 7) is -0.124. The van der Waals surface area contributed by atoms with Gasteiger partial charge >= 0.3 is 6.18 Å². The van der Waals surface area contributed by atoms with Gasteiger partial charge in [0.05, 0.1) is 12.2 Å². The fraction of sp³-hybridized carbons (Fsp3) is 0.133. The molecule has 0 saturated heterocycles. The number of carbonyl (C=O) groups excluding carboxylic acids is 1. The zero-order valence-corrected chi connectivity index (χ0v) is 10.8. The van der Waals surface area contributed by atoms with Crippen molar-refractivity contribution in [1.29, 1.82) is 0 Å². The van der Waals surface area contributed by atoms with Gasteiger partial charge in [-0.1, -0.05) is 12.1 Å². The van der Waals surface area contributed by atoms with Crippen LogP contribution in [0.25, 0.3) is 0 Å². The van der Waals surface area contributed by atoms with Crippen LogP contribution in [0, 0.1) is 0 Å². The van der Waals surface area contributed by atoms with E-state index < -0.39 is 17.6 Å². The van der Waals surface area contributed by atoms with Gasteiger partial charge in [0.1, 0.15) is 0 Å². The fourth-order valence-electron chi connectivity index (χ4n) is 1.71. The van der Waals surface area contributed by atoms with Gasteiger partial charge in [-0.25, -0.2) is 0 Å². The predicted molar refractivity (Wildman–Crippen MR) is 71.8 cm³/mol. The Hall–Kier alpha value is -2.34. The Morgan fingerprint density at radius 3 is 2.05 bits per heavy atom. The highest BCUT2D eigenvalue weighted by Crippen LogP contribution is 2.29. The second kappa shape index (κ2) is 5.97. The lowest BCUT2D eigenvalue weighted by atomic mass is 10.1. The molecule has 0 fully saturated rings. The number of aliphatic hydroxyl groups is 1. The van der Waals surface area contributed by atoms with E-state index in [4.69, 9.17) is 5.11 Å². The molecule has 1 amide bonds. The first kappa shape index (κ1) is 15.1. The quantitative estimate of drug-likeness (QED) is 0.911. The van der Waals surface area contributed by atoms with Crippen molar-refractivity contribution in [3.63, 3.8) is 0 Å². The van der Waals surface area contributed by atoms with Crippen molar-refractivity contribution in [2.24, 2.45) is 0 Å². The molecule has 0 bridgehead atoms. The molecule has 3 nitrogen and oxygen atoms in total. The normalized spacial score (nSPS) is 11.2. The number of rotatable bonds is 3. The summed E-state index contributed by atoms with van der Waals surface area (Å²) in [5.74, 6) is -0.431. The molecule has 0 atom stereocenters. The van der Waals surface area contributed by atoms with Gasteiger partial charge in [-0.15, -0.1) is 0 Å². The Balaban J connectivity index is 2.08. The molecule has 0 aromatic heterocycles. The first-order chi connectivity index (χ1) is 9.90. The predicted octanol–water partition coefficient (Wildman–Crippen LogP) is 3.45. The highest BCUT2D eigenvalue weighted by atomic mass is 19.4. The molecular weight excluding hydrogens is 283 g/mol. The Kier molecular flexibility index (Phi) is 4.28. The second-order valence-electron chi connectivity index (χ2n) is 4.38. The van der Waals surface area contributed by atoms with Crippen LogP contribution in [0.2, 0.25) is 0 Å². The molecule has 2 aromatic rings. The van der Waals surface area contributed by atoms with Gasteiger partial charge in [-0.05, 0) is 42.0 Å². The van der Waals surface area contributed by atoms with Crippen LogP contribution >= 0.6 is 0 Å². The summed E-state index contributed by atoms with van der Waals surface area (Å²) >= 11 is 0. The summed E-state index contributed by atoms with van der Waals surface area (Å²) in [4.78, 5) is 11.9. The number of aliphatic hydroxyl groups excluding tert-OH is 1. The van der Waals surface area contributed by atoms with E-state index in [1.165, 1.54) is 24.3 Å². The molecule has 6 heteroatoms. The van der Waals surface area contributed by atoms with Crippen molar-refractivity contribution in [1.82, 2.24) is 0 Å². The first-order valence-electron chi connectivity index (χ1n) is 6.08. The third-order valence-electron chi connectivity index (χ3n) is 2.87. The number of halogens is 3. The average Bonchev–Trinajstić information content (AvgIpc) is 2.47. The number of alkyl halides is 3. The van der Waals surface area contributed by atoms with E-state index in [2.05, 4.69) is 5.32 Å². The summed E-state index contributed by atoms with van der Waals surface area (Å²) in [5, 5.41) is 11.4. The van der Waals surface area contributed by atoms with Crippen LogP contribution < -0.4 is 5.32 Å². The number of carbonyl (C=O) groups is 1. The van der Waals surface area contributed by atoms with Crippen molar-refractivity contribution < 1.29 is 23.1 Å². The third-order valence-corrected chi connectivity index (χ3v) is 2.87. The van der Waals surface area contributed by atoms with Crippen molar-refractivity contribution in [3.8, 4) is 0 Å². The first-order valence-corrected chi connectivity index (χ1v) is 6.08. The standard InChI is InChI=1S/C15H12F3NO2/c16-15(17,18)12-5-7-13(8-6-12)19-14(21)11-3-1-10(9-20)2-4-11/h1-8,20H,9H2,(H,19,21). The van der Waals surface area contributed by atoms with Crippen LogP contribution in [0.4, 0.5) is 18.9 Å². The monoisotopic (exact) mass is 295 g/mol. The van der Waals surface area contributed by atoms with Crippen LogP contribution in [0.3, 0.4) is 0 Å². The van der Waals surface area contributed by atoms with E-state index in [-0.39, 0.29) is 12.3 Å². The van der Waals surface area contributed by atoms with Crippen molar-refractivity contribution >= 4 is 11.6 Å². The fourth-order valence-corrected chi connectivity index (χ4v) is 1.71. The summed E-state index contributed by atoms with van der Waals surface area (Å²) in [6, 6.07) is 10.5. The molecule has 0 spiro atoms. The number of amides is 1. The van der Waals surface area contributed by atoms with E-state index in [0.717, 1.165) is 12.1 Å². The van der Waals surface area contributed by atoms with Crippen LogP contribution in [0.15, 0.2) is 48.5 Å². The molecule has 2 aromatic carbocycles. The summed E-state index contributed by atoms with van der Waals surface area (Å²) in [5.41, 5.74) is 0.528. The van der Waals surface area contributed by atoms with Crippen LogP contribution in [-0.2, 0) is 12.8 Å². The Morgan fingerprint density at radius 1 is 1.00 bits per heavy atom. The molecule has 0 heterocycles. The highest BCUT2D eigenvalue weighted by molar-refractivity contribution is 6.04. The molecule has 21 heavy (non-hydrogen) atoms. The molecular formula is C15H12F3NO2. The molecule has 2 rings (SSSR count). The maximum atomic E-state index is 12.4. The Morgan fingerprint density at radius 2 is 1.57 bits per heavy atom. The minimum atomic E-state index is -4.40. The van der Waals surface area contributed by atoms with Gasteiger partial charge in [0, 0.05) is 11.3 Å². The molecule has 0 saturated carbocycles. The maximum Gasteiger partial charge on any atom is 0.416 e. The van der Waals surface area contributed by atoms with E-state index in [0.29, 0.717) is 11.1 Å². The van der Waals surface area contributed by atoms with Crippen molar-refractivity contribution in [2.45, 2.75) is 12.8 Å². The van der Waals surface area contributed by atoms with Gasteiger partial charge < -0.3 is 10.4 Å². The van der Waals surface area contributed by atoms with Gasteiger partial charge in [-0.2, -0.15) is 13.2 Å². The van der Waals surface area contributed by atoms with E-state index in [1.807, 2.05) is 0 Å². The maximum absolute atomic E-state index is 12.4. The SMILES string of the molecule is O=C(Nc1ccc(C(F)(F)F)cc1)c1ccc(CO)cc1. The molecule has 0 unspecified atom stereocenters. The van der Waals surface area contributed by atoms with E-state index >= 15 is 0 Å². The number of anilines is 1. The number of hydrogen-bond acceptors (Lipinski definition) is 2. The van der Waals surface area contributed by atoms with Crippen molar-refractivity contribution in [2.75, 3.05) is 5.32 Å². The topological polar surface area (TPSA) is 49.3 Å². The average molecular weight is 295 g/mol. The van der Waals surface area contributed by atoms with Gasteiger partial charge in [0.25, 0.3) is 5.91 Å². The lowest BCUT2D eigenvalue weighted by molar-refractivity contribution is -0.137. The zero-order chi connectivity index (χ0) is 15.5. The molecule has 0 aliphatic heterocycles. The molecule has 0 radical (unpaired) electrons. The van der Waals surface area contributed by atoms with Crippen LogP contribution in [0.1, 0.15) is 21.5 Å².